The van der Waals surface area contributed by atoms with Crippen molar-refractivity contribution in [3.05, 3.63) is 34.3 Å². The molecule has 0 radical (unpaired) electrons. The van der Waals surface area contributed by atoms with Crippen LogP contribution in [0.25, 0.3) is 0 Å². The number of hydrogen-bond acceptors (Lipinski definition) is 1. The molecule has 0 aromatic heterocycles. The van der Waals surface area contributed by atoms with Gasteiger partial charge in [0.2, 0.25) is 0 Å². The minimum absolute atomic E-state index is 0.523. The number of rotatable bonds is 6. The third-order valence-corrected chi connectivity index (χ3v) is 3.15. The first kappa shape index (κ1) is 14.3. The first-order valence-corrected chi connectivity index (χ1v) is 6.93. The van der Waals surface area contributed by atoms with Crippen molar-refractivity contribution in [1.29, 1.82) is 0 Å². The van der Waals surface area contributed by atoms with Gasteiger partial charge in [-0.2, -0.15) is 0 Å². The van der Waals surface area contributed by atoms with Crippen LogP contribution in [0.15, 0.2) is 28.7 Å². The van der Waals surface area contributed by atoms with Crippen molar-refractivity contribution in [1.82, 2.24) is 5.32 Å². The lowest BCUT2D eigenvalue weighted by molar-refractivity contribution is 0.497. The van der Waals surface area contributed by atoms with E-state index in [-0.39, 0.29) is 0 Å². The topological polar surface area (TPSA) is 12.0 Å². The van der Waals surface area contributed by atoms with Gasteiger partial charge in [0.15, 0.2) is 0 Å². The minimum Gasteiger partial charge on any atom is -0.314 e. The monoisotopic (exact) mass is 293 g/mol. The number of halogens is 1. The van der Waals surface area contributed by atoms with Gasteiger partial charge in [0.25, 0.3) is 0 Å². The summed E-state index contributed by atoms with van der Waals surface area (Å²) < 4.78 is 1.15. The van der Waals surface area contributed by atoms with Crippen molar-refractivity contribution >= 4 is 15.9 Å². The second-order valence-corrected chi connectivity index (χ2v) is 4.97. The molecule has 92 valence electrons. The van der Waals surface area contributed by atoms with Gasteiger partial charge in [-0.05, 0) is 44.0 Å². The fraction of sp³-hybridized carbons (Fsp3) is 0.467. The summed E-state index contributed by atoms with van der Waals surface area (Å²) in [7, 11) is 0. The maximum Gasteiger partial charge on any atom is 0.0178 e. The fourth-order valence-corrected chi connectivity index (χ4v) is 2.33. The highest BCUT2D eigenvalue weighted by atomic mass is 79.9. The lowest BCUT2D eigenvalue weighted by atomic mass is 10.0. The molecule has 0 heterocycles. The Balaban J connectivity index is 2.55. The summed E-state index contributed by atoms with van der Waals surface area (Å²) in [5, 5.41) is 3.53. The zero-order chi connectivity index (χ0) is 12.5. The first-order chi connectivity index (χ1) is 8.26. The summed E-state index contributed by atoms with van der Waals surface area (Å²) in [4.78, 5) is 0. The van der Waals surface area contributed by atoms with Crippen molar-refractivity contribution in [2.24, 2.45) is 0 Å². The highest BCUT2D eigenvalue weighted by Crippen LogP contribution is 2.14. The normalized spacial score (nSPS) is 11.7. The van der Waals surface area contributed by atoms with E-state index in [4.69, 9.17) is 0 Å². The van der Waals surface area contributed by atoms with Gasteiger partial charge in [-0.3, -0.25) is 0 Å². The molecule has 17 heavy (non-hydrogen) atoms. The molecule has 0 aliphatic rings. The highest BCUT2D eigenvalue weighted by molar-refractivity contribution is 9.10. The van der Waals surface area contributed by atoms with Crippen LogP contribution >= 0.6 is 15.9 Å². The summed E-state index contributed by atoms with van der Waals surface area (Å²) in [6.45, 7) is 5.06. The molecule has 1 atom stereocenters. The molecule has 0 saturated carbocycles. The molecular weight excluding hydrogens is 274 g/mol. The number of nitrogens with one attached hydrogen (secondary N) is 1. The standard InChI is InChI=1S/C15H20BrN/c1-3-5-6-10-15(17-4-2)12-13-8-7-9-14(16)11-13/h7-9,11,15,17H,4,6,10,12H2,1-2H3. The lowest BCUT2D eigenvalue weighted by Crippen LogP contribution is -2.30. The molecule has 0 aliphatic heterocycles. The van der Waals surface area contributed by atoms with E-state index >= 15 is 0 Å². The zero-order valence-electron chi connectivity index (χ0n) is 10.6. The Morgan fingerprint density at radius 2 is 2.24 bits per heavy atom. The molecule has 0 saturated heterocycles. The quantitative estimate of drug-likeness (QED) is 0.787. The maximum absolute atomic E-state index is 3.53. The average Bonchev–Trinajstić information content (AvgIpc) is 2.29. The van der Waals surface area contributed by atoms with Crippen LogP contribution in [0.4, 0.5) is 0 Å². The molecule has 1 nitrogen and oxygen atoms in total. The van der Waals surface area contributed by atoms with Gasteiger partial charge >= 0.3 is 0 Å². The molecular formula is C15H20BrN. The van der Waals surface area contributed by atoms with Crippen LogP contribution in [0.2, 0.25) is 0 Å². The summed E-state index contributed by atoms with van der Waals surface area (Å²) in [6.07, 6.45) is 3.15. The van der Waals surface area contributed by atoms with E-state index in [9.17, 15) is 0 Å². The molecule has 0 aliphatic carbocycles. The Hall–Kier alpha value is -0.780. The minimum atomic E-state index is 0.523. The van der Waals surface area contributed by atoms with E-state index in [1.807, 2.05) is 6.92 Å². The van der Waals surface area contributed by atoms with E-state index in [2.05, 4.69) is 64.3 Å². The molecule has 1 aromatic carbocycles. The molecule has 2 heteroatoms. The van der Waals surface area contributed by atoms with E-state index in [0.29, 0.717) is 6.04 Å². The largest absolute Gasteiger partial charge is 0.314 e. The van der Waals surface area contributed by atoms with Crippen LogP contribution in [0, 0.1) is 11.8 Å². The van der Waals surface area contributed by atoms with Crippen molar-refractivity contribution in [3.8, 4) is 11.8 Å². The van der Waals surface area contributed by atoms with Gasteiger partial charge in [0.1, 0.15) is 0 Å². The average molecular weight is 294 g/mol. The molecule has 1 aromatic rings. The third-order valence-electron chi connectivity index (χ3n) is 2.66. The second-order valence-electron chi connectivity index (χ2n) is 4.05. The van der Waals surface area contributed by atoms with E-state index in [1.165, 1.54) is 5.56 Å². The summed E-state index contributed by atoms with van der Waals surface area (Å²) >= 11 is 3.51. The Morgan fingerprint density at radius 3 is 2.88 bits per heavy atom. The summed E-state index contributed by atoms with van der Waals surface area (Å²) in [6, 6.07) is 9.05. The van der Waals surface area contributed by atoms with Crippen LogP contribution < -0.4 is 5.32 Å². The maximum atomic E-state index is 3.53. The van der Waals surface area contributed by atoms with Gasteiger partial charge in [-0.25, -0.2) is 0 Å². The van der Waals surface area contributed by atoms with Crippen LogP contribution in [-0.2, 0) is 6.42 Å². The molecule has 0 fully saturated rings. The molecule has 1 unspecified atom stereocenters. The Bertz CT molecular complexity index is 389. The zero-order valence-corrected chi connectivity index (χ0v) is 12.2. The Kier molecular flexibility index (Phi) is 7.00. The van der Waals surface area contributed by atoms with Crippen molar-refractivity contribution in [3.63, 3.8) is 0 Å². The van der Waals surface area contributed by atoms with Crippen LogP contribution in [0.3, 0.4) is 0 Å². The van der Waals surface area contributed by atoms with Gasteiger partial charge < -0.3 is 5.32 Å². The summed E-state index contributed by atoms with van der Waals surface area (Å²) in [5.41, 5.74) is 1.37. The molecule has 0 amide bonds. The van der Waals surface area contributed by atoms with E-state index in [0.717, 1.165) is 30.3 Å². The van der Waals surface area contributed by atoms with Gasteiger partial charge in [0.05, 0.1) is 0 Å². The highest BCUT2D eigenvalue weighted by Gasteiger charge is 2.07. The molecule has 0 bridgehead atoms. The summed E-state index contributed by atoms with van der Waals surface area (Å²) in [5.74, 6) is 6.09. The molecule has 1 N–H and O–H groups in total. The predicted molar refractivity (Wildman–Crippen MR) is 78.0 cm³/mol. The lowest BCUT2D eigenvalue weighted by Gasteiger charge is -2.16. The van der Waals surface area contributed by atoms with Crippen LogP contribution in [0.5, 0.6) is 0 Å². The van der Waals surface area contributed by atoms with Crippen molar-refractivity contribution < 1.29 is 0 Å². The Morgan fingerprint density at radius 1 is 1.41 bits per heavy atom. The first-order valence-electron chi connectivity index (χ1n) is 6.13. The molecule has 0 spiro atoms. The fourth-order valence-electron chi connectivity index (χ4n) is 1.88. The third kappa shape index (κ3) is 5.91. The smallest absolute Gasteiger partial charge is 0.0178 e. The van der Waals surface area contributed by atoms with Gasteiger partial charge in [-0.15, -0.1) is 11.8 Å². The van der Waals surface area contributed by atoms with Crippen molar-refractivity contribution in [2.45, 2.75) is 39.2 Å². The van der Waals surface area contributed by atoms with E-state index < -0.39 is 0 Å². The Labute approximate surface area is 113 Å². The van der Waals surface area contributed by atoms with Gasteiger partial charge in [0, 0.05) is 16.9 Å². The van der Waals surface area contributed by atoms with Gasteiger partial charge in [-0.1, -0.05) is 35.0 Å². The van der Waals surface area contributed by atoms with E-state index in [1.54, 1.807) is 0 Å². The second kappa shape index (κ2) is 8.33. The predicted octanol–water partition coefficient (Wildman–Crippen LogP) is 3.77. The molecule has 1 rings (SSSR count). The van der Waals surface area contributed by atoms with Crippen molar-refractivity contribution in [2.75, 3.05) is 6.54 Å². The number of hydrogen-bond donors (Lipinski definition) is 1. The number of likely N-dealkylation sites (N-methyl/N-ethyl adjacent to an activating group) is 1. The van der Waals surface area contributed by atoms with Crippen LogP contribution in [-0.4, -0.2) is 12.6 Å². The number of benzene rings is 1. The van der Waals surface area contributed by atoms with Crippen LogP contribution in [0.1, 0.15) is 32.3 Å². The SMILES string of the molecule is CC#CCCC(Cc1cccc(Br)c1)NCC.